The van der Waals surface area contributed by atoms with E-state index in [9.17, 15) is 18.4 Å². The topological polar surface area (TPSA) is 115 Å². The first kappa shape index (κ1) is 21.7. The summed E-state index contributed by atoms with van der Waals surface area (Å²) in [7, 11) is -4.08. The van der Waals surface area contributed by atoms with Gasteiger partial charge in [0.25, 0.3) is 5.91 Å². The maximum Gasteiger partial charge on any atom is 0.265 e. The highest BCUT2D eigenvalue weighted by Crippen LogP contribution is 2.38. The number of amides is 1. The average molecular weight is 463 g/mol. The molecule has 1 aromatic heterocycles. The molecule has 31 heavy (non-hydrogen) atoms. The van der Waals surface area contributed by atoms with E-state index < -0.39 is 20.5 Å². The molecule has 1 fully saturated rings. The van der Waals surface area contributed by atoms with Crippen molar-refractivity contribution < 1.29 is 27.9 Å². The Kier molecular flexibility index (Phi) is 5.98. The number of nitrogens with one attached hydrogen (secondary N) is 1. The van der Waals surface area contributed by atoms with E-state index in [4.69, 9.17) is 9.47 Å². The lowest BCUT2D eigenvalue weighted by atomic mass is 9.98. The molecule has 10 heteroatoms. The number of ether oxygens (including phenoxy) is 2. The molecule has 0 radical (unpaired) electrons. The van der Waals surface area contributed by atoms with Crippen LogP contribution in [0.4, 0.5) is 0 Å². The maximum atomic E-state index is 13.5. The van der Waals surface area contributed by atoms with Gasteiger partial charge in [0.2, 0.25) is 0 Å². The van der Waals surface area contributed by atoms with E-state index in [0.29, 0.717) is 16.8 Å². The van der Waals surface area contributed by atoms with Crippen molar-refractivity contribution in [3.8, 4) is 16.3 Å². The van der Waals surface area contributed by atoms with Crippen LogP contribution >= 0.6 is 11.3 Å². The number of thiazole rings is 1. The minimum Gasteiger partial charge on any atom is -0.494 e. The minimum atomic E-state index is -4.08. The highest BCUT2D eigenvalue weighted by atomic mass is 32.2. The van der Waals surface area contributed by atoms with Gasteiger partial charge in [-0.25, -0.2) is 18.9 Å². The number of aromatic nitrogens is 1. The molecule has 2 N–H and O–H groups in total. The molecule has 1 aliphatic heterocycles. The molecule has 4 rings (SSSR count). The molecule has 0 saturated carbocycles. The third-order valence-electron chi connectivity index (χ3n) is 5.41. The first-order valence-electron chi connectivity index (χ1n) is 9.82. The van der Waals surface area contributed by atoms with Crippen LogP contribution in [0.1, 0.15) is 19.8 Å². The number of carbonyl (C=O) groups excluding carboxylic acids is 1. The number of sulfone groups is 1. The van der Waals surface area contributed by atoms with Crippen molar-refractivity contribution in [2.75, 3.05) is 19.8 Å². The predicted molar refractivity (Wildman–Crippen MR) is 116 cm³/mol. The lowest BCUT2D eigenvalue weighted by molar-refractivity contribution is -0.134. The molecule has 1 saturated heterocycles. The summed E-state index contributed by atoms with van der Waals surface area (Å²) < 4.78 is 36.6. The molecular weight excluding hydrogens is 440 g/mol. The maximum absolute atomic E-state index is 13.5. The number of hydrogen-bond donors (Lipinski definition) is 2. The van der Waals surface area contributed by atoms with Crippen LogP contribution in [0.5, 0.6) is 5.75 Å². The summed E-state index contributed by atoms with van der Waals surface area (Å²) in [6.07, 6.45) is -0.0558. The number of benzene rings is 2. The van der Waals surface area contributed by atoms with Gasteiger partial charge in [0.05, 0.1) is 21.7 Å². The predicted octanol–water partition coefficient (Wildman–Crippen LogP) is 3.19. The zero-order valence-corrected chi connectivity index (χ0v) is 18.5. The number of carbonyl (C=O) groups is 1. The lowest BCUT2D eigenvalue weighted by Gasteiger charge is -2.34. The van der Waals surface area contributed by atoms with Crippen LogP contribution in [-0.2, 0) is 19.4 Å². The van der Waals surface area contributed by atoms with Gasteiger partial charge in [-0.15, -0.1) is 11.3 Å². The second-order valence-electron chi connectivity index (χ2n) is 7.16. The van der Waals surface area contributed by atoms with E-state index in [0.717, 1.165) is 16.3 Å². The Balaban J connectivity index is 1.72. The van der Waals surface area contributed by atoms with E-state index >= 15 is 0 Å². The van der Waals surface area contributed by atoms with Crippen LogP contribution in [0.25, 0.3) is 20.8 Å². The molecule has 1 amide bonds. The molecule has 0 atom stereocenters. The van der Waals surface area contributed by atoms with Gasteiger partial charge in [-0.1, -0.05) is 0 Å². The second kappa shape index (κ2) is 8.54. The van der Waals surface area contributed by atoms with E-state index in [-0.39, 0.29) is 31.0 Å². The highest BCUT2D eigenvalue weighted by molar-refractivity contribution is 7.93. The fourth-order valence-electron chi connectivity index (χ4n) is 3.70. The van der Waals surface area contributed by atoms with Crippen molar-refractivity contribution in [1.82, 2.24) is 10.5 Å². The summed E-state index contributed by atoms with van der Waals surface area (Å²) in [6, 6.07) is 12.2. The Morgan fingerprint density at radius 2 is 1.94 bits per heavy atom. The van der Waals surface area contributed by atoms with E-state index in [1.165, 1.54) is 22.9 Å². The number of rotatable bonds is 6. The largest absolute Gasteiger partial charge is 0.494 e. The van der Waals surface area contributed by atoms with Gasteiger partial charge in [-0.05, 0) is 62.2 Å². The quantitative estimate of drug-likeness (QED) is 0.427. The Morgan fingerprint density at radius 1 is 1.23 bits per heavy atom. The normalized spacial score (nSPS) is 16.2. The van der Waals surface area contributed by atoms with E-state index in [1.54, 1.807) is 12.1 Å². The highest BCUT2D eigenvalue weighted by Gasteiger charge is 2.52. The number of fused-ring (bicyclic) bond motifs is 1. The van der Waals surface area contributed by atoms with Gasteiger partial charge in [0.1, 0.15) is 10.8 Å². The van der Waals surface area contributed by atoms with Crippen LogP contribution in [0, 0.1) is 0 Å². The lowest BCUT2D eigenvalue weighted by Crippen LogP contribution is -2.54. The molecule has 0 aliphatic carbocycles. The summed E-state index contributed by atoms with van der Waals surface area (Å²) in [6.45, 7) is 2.75. The molecule has 1 aliphatic rings. The standard InChI is InChI=1S/C21H22N2O6S2/c1-2-29-15-5-3-14(4-6-15)19-22-17-8-7-16(13-18(17)30-19)31(26,27)21(20(24)23-25)9-11-28-12-10-21/h3-8,13,25H,2,9-12H2,1H3,(H,23,24). The second-order valence-corrected chi connectivity index (χ2v) is 10.4. The van der Waals surface area contributed by atoms with Crippen molar-refractivity contribution in [3.05, 3.63) is 42.5 Å². The van der Waals surface area contributed by atoms with Crippen molar-refractivity contribution in [1.29, 1.82) is 0 Å². The SMILES string of the molecule is CCOc1ccc(-c2nc3ccc(S(=O)(=O)C4(C(=O)NO)CCOCC4)cc3s2)cc1. The molecule has 0 unspecified atom stereocenters. The van der Waals surface area contributed by atoms with Crippen molar-refractivity contribution in [3.63, 3.8) is 0 Å². The van der Waals surface area contributed by atoms with Crippen molar-refractivity contribution in [2.45, 2.75) is 29.4 Å². The molecule has 164 valence electrons. The number of hydrogen-bond acceptors (Lipinski definition) is 8. The molecule has 2 heterocycles. The molecule has 3 aromatic rings. The fourth-order valence-corrected chi connectivity index (χ4v) is 6.75. The van der Waals surface area contributed by atoms with Gasteiger partial charge >= 0.3 is 0 Å². The molecule has 2 aromatic carbocycles. The third-order valence-corrected chi connectivity index (χ3v) is 8.98. The third kappa shape index (κ3) is 3.80. The number of nitrogens with zero attached hydrogens (tertiary/aromatic N) is 1. The van der Waals surface area contributed by atoms with E-state index in [2.05, 4.69) is 4.98 Å². The molecular formula is C21H22N2O6S2. The molecule has 8 nitrogen and oxygen atoms in total. The first-order valence-corrected chi connectivity index (χ1v) is 12.1. The Hall–Kier alpha value is -2.53. The number of hydroxylamine groups is 1. The molecule has 0 bridgehead atoms. The first-order chi connectivity index (χ1) is 14.9. The summed E-state index contributed by atoms with van der Waals surface area (Å²) in [5, 5.41) is 9.95. The smallest absolute Gasteiger partial charge is 0.265 e. The Labute approximate surface area is 183 Å². The minimum absolute atomic E-state index is 0.0207. The zero-order chi connectivity index (χ0) is 22.1. The van der Waals surface area contributed by atoms with E-state index in [1.807, 2.05) is 31.2 Å². The summed E-state index contributed by atoms with van der Waals surface area (Å²) >= 11 is 1.37. The van der Waals surface area contributed by atoms with Gasteiger partial charge in [0, 0.05) is 18.8 Å². The van der Waals surface area contributed by atoms with Gasteiger partial charge in [-0.2, -0.15) is 0 Å². The van der Waals surface area contributed by atoms with Crippen LogP contribution in [0.3, 0.4) is 0 Å². The summed E-state index contributed by atoms with van der Waals surface area (Å²) in [4.78, 5) is 17.0. The zero-order valence-electron chi connectivity index (χ0n) is 16.8. The van der Waals surface area contributed by atoms with Crippen molar-refractivity contribution >= 4 is 37.3 Å². The monoisotopic (exact) mass is 462 g/mol. The Morgan fingerprint density at radius 3 is 2.58 bits per heavy atom. The van der Waals surface area contributed by atoms with Crippen LogP contribution in [0.15, 0.2) is 47.4 Å². The summed E-state index contributed by atoms with van der Waals surface area (Å²) in [5.41, 5.74) is 3.10. The fraction of sp³-hybridized carbons (Fsp3) is 0.333. The van der Waals surface area contributed by atoms with Crippen LogP contribution < -0.4 is 10.2 Å². The van der Waals surface area contributed by atoms with Gasteiger partial charge < -0.3 is 9.47 Å². The van der Waals surface area contributed by atoms with Gasteiger partial charge in [-0.3, -0.25) is 10.0 Å². The average Bonchev–Trinajstić information content (AvgIpc) is 3.23. The van der Waals surface area contributed by atoms with Crippen LogP contribution in [0.2, 0.25) is 0 Å². The Bertz CT molecular complexity index is 1200. The summed E-state index contributed by atoms with van der Waals surface area (Å²) in [5.74, 6) is -0.167. The van der Waals surface area contributed by atoms with Crippen molar-refractivity contribution in [2.24, 2.45) is 0 Å². The van der Waals surface area contributed by atoms with Gasteiger partial charge in [0.15, 0.2) is 14.6 Å². The van der Waals surface area contributed by atoms with Crippen LogP contribution in [-0.4, -0.2) is 49.1 Å². The molecule has 0 spiro atoms.